The van der Waals surface area contributed by atoms with E-state index in [1.165, 1.54) is 55.6 Å². The van der Waals surface area contributed by atoms with Crippen LogP contribution in [0.3, 0.4) is 0 Å². The highest BCUT2D eigenvalue weighted by Crippen LogP contribution is 2.41. The molecule has 0 aliphatic rings. The molecule has 0 aliphatic carbocycles. The Kier molecular flexibility index (Phi) is 7.54. The van der Waals surface area contributed by atoms with E-state index in [0.29, 0.717) is 0 Å². The first kappa shape index (κ1) is 29.7. The van der Waals surface area contributed by atoms with Crippen molar-refractivity contribution in [2.45, 2.75) is 32.1 Å². The maximum Gasteiger partial charge on any atom is 0.136 e. The van der Waals surface area contributed by atoms with Crippen LogP contribution in [0.1, 0.15) is 48.9 Å². The summed E-state index contributed by atoms with van der Waals surface area (Å²) in [6.07, 6.45) is 0. The molecule has 48 heavy (non-hydrogen) atoms. The Labute approximate surface area is 283 Å². The maximum atomic E-state index is 6.42. The minimum Gasteiger partial charge on any atom is -0.456 e. The largest absolute Gasteiger partial charge is 0.456 e. The van der Waals surface area contributed by atoms with Crippen molar-refractivity contribution in [3.63, 3.8) is 0 Å². The van der Waals surface area contributed by atoms with E-state index in [0.717, 1.165) is 21.9 Å². The number of fused-ring (bicyclic) bond motifs is 3. The van der Waals surface area contributed by atoms with E-state index < -0.39 is 0 Å². The zero-order valence-electron chi connectivity index (χ0n) is 27.7. The van der Waals surface area contributed by atoms with E-state index in [2.05, 4.69) is 191 Å². The quantitative estimate of drug-likeness (QED) is 0.169. The van der Waals surface area contributed by atoms with E-state index in [-0.39, 0.29) is 11.3 Å². The van der Waals surface area contributed by atoms with E-state index in [1.54, 1.807) is 0 Å². The van der Waals surface area contributed by atoms with Crippen molar-refractivity contribution in [2.75, 3.05) is 0 Å². The van der Waals surface area contributed by atoms with Crippen LogP contribution in [-0.2, 0) is 5.41 Å². The molecule has 0 radical (unpaired) electrons. The second kappa shape index (κ2) is 12.2. The normalized spacial score (nSPS) is 12.4. The molecule has 1 nitrogen and oxygen atoms in total. The Hall–Kier alpha value is -5.66. The first-order valence-electron chi connectivity index (χ1n) is 16.8. The van der Waals surface area contributed by atoms with Gasteiger partial charge in [-0.3, -0.25) is 0 Å². The van der Waals surface area contributed by atoms with Crippen molar-refractivity contribution >= 4 is 21.9 Å². The molecule has 1 atom stereocenters. The average molecular weight is 619 g/mol. The lowest BCUT2D eigenvalue weighted by molar-refractivity contribution is 0.590. The molecule has 0 N–H and O–H groups in total. The van der Waals surface area contributed by atoms with Crippen LogP contribution in [0.5, 0.6) is 0 Å². The van der Waals surface area contributed by atoms with Gasteiger partial charge in [-0.15, -0.1) is 0 Å². The van der Waals surface area contributed by atoms with Gasteiger partial charge in [-0.2, -0.15) is 0 Å². The third-order valence-corrected chi connectivity index (χ3v) is 9.62. The molecule has 0 saturated carbocycles. The second-order valence-corrected chi connectivity index (χ2v) is 13.8. The molecule has 8 aromatic rings. The number of hydrogen-bond donors (Lipinski definition) is 0. The molecule has 1 aromatic heterocycles. The van der Waals surface area contributed by atoms with Crippen molar-refractivity contribution in [1.29, 1.82) is 0 Å². The Balaban J connectivity index is 1.25. The fourth-order valence-electron chi connectivity index (χ4n) is 6.99. The molecule has 7 aromatic carbocycles. The summed E-state index contributed by atoms with van der Waals surface area (Å²) in [5.74, 6) is 0.0466. The highest BCUT2D eigenvalue weighted by molar-refractivity contribution is 6.12. The molecule has 0 spiro atoms. The van der Waals surface area contributed by atoms with Crippen LogP contribution in [0.2, 0.25) is 0 Å². The van der Waals surface area contributed by atoms with E-state index in [4.69, 9.17) is 4.42 Å². The van der Waals surface area contributed by atoms with Gasteiger partial charge in [0.2, 0.25) is 0 Å². The lowest BCUT2D eigenvalue weighted by atomic mass is 9.83. The molecule has 0 bridgehead atoms. The third kappa shape index (κ3) is 5.63. The van der Waals surface area contributed by atoms with Crippen molar-refractivity contribution in [3.05, 3.63) is 192 Å². The highest BCUT2D eigenvalue weighted by Gasteiger charge is 2.21. The van der Waals surface area contributed by atoms with E-state index in [9.17, 15) is 0 Å². The molecular formula is C47H38O. The summed E-state index contributed by atoms with van der Waals surface area (Å²) in [4.78, 5) is 0. The standard InChI is InChI=1S/C47H38O/c1-47(2,3)40-28-25-35(26-29-40)34-19-23-38(24-20-34)45(37-21-17-33(18-22-37)32-11-6-4-7-12-32)39-27-30-43-42(31-39)46-41(15-10-16-44(46)48-43)36-13-8-5-9-14-36/h4-31,45H,1-3H3/t45-/m0/s1. The van der Waals surface area contributed by atoms with Crippen LogP contribution in [0.25, 0.3) is 55.3 Å². The minimum absolute atomic E-state index is 0.0466. The Morgan fingerprint density at radius 1 is 0.417 bits per heavy atom. The van der Waals surface area contributed by atoms with Gasteiger partial charge in [0.1, 0.15) is 11.2 Å². The Morgan fingerprint density at radius 3 is 1.48 bits per heavy atom. The van der Waals surface area contributed by atoms with Crippen LogP contribution >= 0.6 is 0 Å². The molecule has 8 rings (SSSR count). The fourth-order valence-corrected chi connectivity index (χ4v) is 6.99. The average Bonchev–Trinajstić information content (AvgIpc) is 3.51. The number of rotatable bonds is 6. The first-order valence-corrected chi connectivity index (χ1v) is 16.8. The van der Waals surface area contributed by atoms with Crippen molar-refractivity contribution in [1.82, 2.24) is 0 Å². The summed E-state index contributed by atoms with van der Waals surface area (Å²) >= 11 is 0. The topological polar surface area (TPSA) is 13.1 Å². The van der Waals surface area contributed by atoms with Gasteiger partial charge in [-0.05, 0) is 79.2 Å². The molecule has 0 unspecified atom stereocenters. The molecule has 0 fully saturated rings. The van der Waals surface area contributed by atoms with Crippen molar-refractivity contribution in [2.24, 2.45) is 0 Å². The van der Waals surface area contributed by atoms with E-state index >= 15 is 0 Å². The van der Waals surface area contributed by atoms with Crippen LogP contribution in [0.4, 0.5) is 0 Å². The summed E-state index contributed by atoms with van der Waals surface area (Å²) in [6, 6.07) is 61.5. The smallest absolute Gasteiger partial charge is 0.136 e. The maximum absolute atomic E-state index is 6.42. The van der Waals surface area contributed by atoms with Crippen molar-refractivity contribution < 1.29 is 4.42 Å². The van der Waals surface area contributed by atoms with Gasteiger partial charge in [0.15, 0.2) is 0 Å². The zero-order chi connectivity index (χ0) is 32.7. The van der Waals surface area contributed by atoms with Crippen LogP contribution in [0.15, 0.2) is 174 Å². The third-order valence-electron chi connectivity index (χ3n) is 9.62. The number of hydrogen-bond acceptors (Lipinski definition) is 1. The molecule has 0 amide bonds. The molecule has 232 valence electrons. The summed E-state index contributed by atoms with van der Waals surface area (Å²) < 4.78 is 6.42. The van der Waals surface area contributed by atoms with Gasteiger partial charge in [0.05, 0.1) is 0 Å². The molecular weight excluding hydrogens is 581 g/mol. The lowest BCUT2D eigenvalue weighted by Crippen LogP contribution is -2.10. The van der Waals surface area contributed by atoms with Crippen molar-refractivity contribution in [3.8, 4) is 33.4 Å². The van der Waals surface area contributed by atoms with E-state index in [1.807, 2.05) is 0 Å². The minimum atomic E-state index is 0.0466. The zero-order valence-corrected chi connectivity index (χ0v) is 27.7. The lowest BCUT2D eigenvalue weighted by Gasteiger charge is -2.21. The number of furan rings is 1. The molecule has 1 heterocycles. The van der Waals surface area contributed by atoms with Crippen LogP contribution < -0.4 is 0 Å². The summed E-state index contributed by atoms with van der Waals surface area (Å²) in [6.45, 7) is 6.78. The van der Waals surface area contributed by atoms with Crippen LogP contribution in [0, 0.1) is 0 Å². The summed E-state index contributed by atoms with van der Waals surface area (Å²) in [5, 5.41) is 2.30. The van der Waals surface area contributed by atoms with Gasteiger partial charge < -0.3 is 4.42 Å². The van der Waals surface area contributed by atoms with Gasteiger partial charge in [-0.1, -0.05) is 172 Å². The first-order chi connectivity index (χ1) is 23.4. The second-order valence-electron chi connectivity index (χ2n) is 13.8. The SMILES string of the molecule is CC(C)(C)c1ccc(-c2ccc([C@H](c3ccc(-c4ccccc4)cc3)c3ccc4oc5cccc(-c6ccccc6)c5c4c3)cc2)cc1. The number of benzene rings is 7. The fraction of sp³-hybridized carbons (Fsp3) is 0.106. The van der Waals surface area contributed by atoms with Gasteiger partial charge >= 0.3 is 0 Å². The summed E-state index contributed by atoms with van der Waals surface area (Å²) in [5.41, 5.74) is 14.3. The molecule has 1 heteroatoms. The van der Waals surface area contributed by atoms with Gasteiger partial charge in [0, 0.05) is 16.7 Å². The Morgan fingerprint density at radius 2 is 0.917 bits per heavy atom. The predicted octanol–water partition coefficient (Wildman–Crippen LogP) is 13.1. The van der Waals surface area contributed by atoms with Crippen LogP contribution in [-0.4, -0.2) is 0 Å². The highest BCUT2D eigenvalue weighted by atomic mass is 16.3. The summed E-state index contributed by atoms with van der Waals surface area (Å²) in [7, 11) is 0. The monoisotopic (exact) mass is 618 g/mol. The molecule has 0 saturated heterocycles. The van der Waals surface area contributed by atoms with Gasteiger partial charge in [-0.25, -0.2) is 0 Å². The Bertz CT molecular complexity index is 2320. The van der Waals surface area contributed by atoms with Gasteiger partial charge in [0.25, 0.3) is 0 Å². The molecule has 0 aliphatic heterocycles. The predicted molar refractivity (Wildman–Crippen MR) is 203 cm³/mol.